The average molecular weight is 327 g/mol. The first kappa shape index (κ1) is 15.3. The van der Waals surface area contributed by atoms with Gasteiger partial charge in [-0.2, -0.15) is 0 Å². The quantitative estimate of drug-likeness (QED) is 0.638. The van der Waals surface area contributed by atoms with Gasteiger partial charge in [-0.3, -0.25) is 0 Å². The number of benzene rings is 2. The Morgan fingerprint density at radius 2 is 1.62 bits per heavy atom. The van der Waals surface area contributed by atoms with Crippen molar-refractivity contribution >= 4 is 10.9 Å². The Bertz CT molecular complexity index is 877. The Balaban J connectivity index is 1.99. The van der Waals surface area contributed by atoms with Crippen LogP contribution in [-0.2, 0) is 4.74 Å². The van der Waals surface area contributed by atoms with Gasteiger partial charge >= 0.3 is 0 Å². The summed E-state index contributed by atoms with van der Waals surface area (Å²) in [6, 6.07) is 11.4. The molecule has 2 heterocycles. The summed E-state index contributed by atoms with van der Waals surface area (Å²) in [6.45, 7) is 3.53. The zero-order valence-corrected chi connectivity index (χ0v) is 13.6. The van der Waals surface area contributed by atoms with Crippen molar-refractivity contribution < 1.29 is 13.5 Å². The van der Waals surface area contributed by atoms with E-state index in [9.17, 15) is 8.78 Å². The normalized spacial score (nSPS) is 16.0. The number of hydrogen-bond donors (Lipinski definition) is 0. The fourth-order valence-electron chi connectivity index (χ4n) is 3.77. The summed E-state index contributed by atoms with van der Waals surface area (Å²) in [6.07, 6.45) is 1.89. The minimum absolute atomic E-state index is 0.236. The maximum absolute atomic E-state index is 13.8. The maximum atomic E-state index is 13.8. The molecule has 0 bridgehead atoms. The van der Waals surface area contributed by atoms with Gasteiger partial charge in [0.25, 0.3) is 0 Å². The number of ether oxygens (including phenoxy) is 1. The summed E-state index contributed by atoms with van der Waals surface area (Å²) < 4.78 is 34.8. The molecule has 0 amide bonds. The van der Waals surface area contributed by atoms with Gasteiger partial charge in [-0.15, -0.1) is 0 Å². The first-order valence-corrected chi connectivity index (χ1v) is 8.29. The minimum atomic E-state index is -0.259. The molecule has 1 fully saturated rings. The molecule has 4 heteroatoms. The molecule has 1 aromatic heterocycles. The molecular weight excluding hydrogens is 308 g/mol. The summed E-state index contributed by atoms with van der Waals surface area (Å²) in [5.41, 5.74) is 4.15. The maximum Gasteiger partial charge on any atom is 0.123 e. The third-order valence-electron chi connectivity index (χ3n) is 4.92. The van der Waals surface area contributed by atoms with Gasteiger partial charge < -0.3 is 9.30 Å². The van der Waals surface area contributed by atoms with E-state index in [1.807, 2.05) is 13.0 Å². The lowest BCUT2D eigenvalue weighted by Crippen LogP contribution is -2.17. The highest BCUT2D eigenvalue weighted by atomic mass is 19.1. The summed E-state index contributed by atoms with van der Waals surface area (Å²) >= 11 is 0. The van der Waals surface area contributed by atoms with E-state index in [4.69, 9.17) is 4.74 Å². The molecule has 0 N–H and O–H groups in total. The molecule has 1 aliphatic heterocycles. The highest BCUT2D eigenvalue weighted by Crippen LogP contribution is 2.38. The van der Waals surface area contributed by atoms with Crippen LogP contribution in [0, 0.1) is 18.6 Å². The van der Waals surface area contributed by atoms with Gasteiger partial charge in [0, 0.05) is 35.9 Å². The predicted octanol–water partition coefficient (Wildman–Crippen LogP) is 5.11. The molecule has 1 aliphatic rings. The van der Waals surface area contributed by atoms with Gasteiger partial charge in [-0.25, -0.2) is 8.78 Å². The summed E-state index contributed by atoms with van der Waals surface area (Å²) in [4.78, 5) is 0. The van der Waals surface area contributed by atoms with Crippen molar-refractivity contribution in [3.05, 3.63) is 65.4 Å². The molecule has 1 saturated heterocycles. The molecule has 3 aromatic rings. The van der Waals surface area contributed by atoms with E-state index in [1.165, 1.54) is 23.9 Å². The van der Waals surface area contributed by atoms with Crippen LogP contribution in [0.5, 0.6) is 0 Å². The third kappa shape index (κ3) is 2.51. The van der Waals surface area contributed by atoms with E-state index in [2.05, 4.69) is 4.57 Å². The van der Waals surface area contributed by atoms with E-state index in [-0.39, 0.29) is 11.6 Å². The molecule has 24 heavy (non-hydrogen) atoms. The second kappa shape index (κ2) is 6.02. The Hall–Kier alpha value is -2.20. The number of aryl methyl sites for hydroxylation is 1. The Labute approximate surface area is 139 Å². The largest absolute Gasteiger partial charge is 0.381 e. The second-order valence-corrected chi connectivity index (χ2v) is 6.37. The molecule has 2 nitrogen and oxygen atoms in total. The van der Waals surface area contributed by atoms with Gasteiger partial charge in [0.2, 0.25) is 0 Å². The fraction of sp³-hybridized carbons (Fsp3) is 0.300. The van der Waals surface area contributed by atoms with Crippen molar-refractivity contribution in [2.24, 2.45) is 0 Å². The van der Waals surface area contributed by atoms with E-state index >= 15 is 0 Å². The number of aromatic nitrogens is 1. The van der Waals surface area contributed by atoms with Crippen molar-refractivity contribution in [3.8, 4) is 5.69 Å². The second-order valence-electron chi connectivity index (χ2n) is 6.37. The molecule has 0 radical (unpaired) electrons. The number of halogens is 2. The molecule has 0 spiro atoms. The first-order valence-electron chi connectivity index (χ1n) is 8.29. The monoisotopic (exact) mass is 327 g/mol. The standard InChI is InChI=1S/C20H19F2NO/c1-13-18-12-16(22)4-7-19(18)23(17-5-2-15(21)3-6-17)20(13)14-8-10-24-11-9-14/h2-7,12,14H,8-11H2,1H3. The van der Waals surface area contributed by atoms with Gasteiger partial charge in [0.05, 0.1) is 5.52 Å². The molecule has 4 rings (SSSR count). The molecule has 0 aliphatic carbocycles. The van der Waals surface area contributed by atoms with Crippen molar-refractivity contribution in [3.63, 3.8) is 0 Å². The number of hydrogen-bond acceptors (Lipinski definition) is 1. The van der Waals surface area contributed by atoms with Crippen molar-refractivity contribution in [2.45, 2.75) is 25.7 Å². The topological polar surface area (TPSA) is 14.2 Å². The first-order chi connectivity index (χ1) is 11.6. The smallest absolute Gasteiger partial charge is 0.123 e. The van der Waals surface area contributed by atoms with Crippen LogP contribution in [-0.4, -0.2) is 17.8 Å². The molecular formula is C20H19F2NO. The Morgan fingerprint density at radius 3 is 2.33 bits per heavy atom. The molecule has 0 saturated carbocycles. The average Bonchev–Trinajstić information content (AvgIpc) is 2.89. The van der Waals surface area contributed by atoms with E-state index in [1.54, 1.807) is 18.2 Å². The third-order valence-corrected chi connectivity index (χ3v) is 4.92. The zero-order valence-electron chi connectivity index (χ0n) is 13.6. The Kier molecular flexibility index (Phi) is 3.85. The highest BCUT2D eigenvalue weighted by molar-refractivity contribution is 5.87. The SMILES string of the molecule is Cc1c(C2CCOCC2)n(-c2ccc(F)cc2)c2ccc(F)cc12. The number of fused-ring (bicyclic) bond motifs is 1. The van der Waals surface area contributed by atoms with Gasteiger partial charge in [-0.05, 0) is 67.8 Å². The highest BCUT2D eigenvalue weighted by Gasteiger charge is 2.25. The molecule has 0 atom stereocenters. The Morgan fingerprint density at radius 1 is 0.958 bits per heavy atom. The van der Waals surface area contributed by atoms with Crippen molar-refractivity contribution in [1.29, 1.82) is 0 Å². The number of nitrogens with zero attached hydrogens (tertiary/aromatic N) is 1. The lowest BCUT2D eigenvalue weighted by atomic mass is 9.93. The summed E-state index contributed by atoms with van der Waals surface area (Å²) in [5, 5.41) is 0.917. The van der Waals surface area contributed by atoms with Crippen LogP contribution >= 0.6 is 0 Å². The summed E-state index contributed by atoms with van der Waals surface area (Å²) in [7, 11) is 0. The van der Waals surface area contributed by atoms with Crippen LogP contribution in [0.25, 0.3) is 16.6 Å². The van der Waals surface area contributed by atoms with Gasteiger partial charge in [0.1, 0.15) is 11.6 Å². The molecule has 124 valence electrons. The van der Waals surface area contributed by atoms with Crippen LogP contribution < -0.4 is 0 Å². The fourth-order valence-corrected chi connectivity index (χ4v) is 3.77. The van der Waals surface area contributed by atoms with Crippen LogP contribution in [0.15, 0.2) is 42.5 Å². The van der Waals surface area contributed by atoms with Gasteiger partial charge in [-0.1, -0.05) is 0 Å². The van der Waals surface area contributed by atoms with E-state index in [0.717, 1.165) is 48.2 Å². The van der Waals surface area contributed by atoms with Crippen molar-refractivity contribution in [2.75, 3.05) is 13.2 Å². The lowest BCUT2D eigenvalue weighted by molar-refractivity contribution is 0.0841. The summed E-state index contributed by atoms with van der Waals surface area (Å²) in [5.74, 6) is -0.134. The van der Waals surface area contributed by atoms with Crippen LogP contribution in [0.2, 0.25) is 0 Å². The zero-order chi connectivity index (χ0) is 16.7. The van der Waals surface area contributed by atoms with Crippen LogP contribution in [0.1, 0.15) is 30.0 Å². The number of rotatable bonds is 2. The van der Waals surface area contributed by atoms with E-state index < -0.39 is 0 Å². The molecule has 0 unspecified atom stereocenters. The van der Waals surface area contributed by atoms with Crippen molar-refractivity contribution in [1.82, 2.24) is 4.57 Å². The van der Waals surface area contributed by atoms with Crippen LogP contribution in [0.4, 0.5) is 8.78 Å². The lowest BCUT2D eigenvalue weighted by Gasteiger charge is -2.25. The van der Waals surface area contributed by atoms with E-state index in [0.29, 0.717) is 5.92 Å². The van der Waals surface area contributed by atoms with Crippen LogP contribution in [0.3, 0.4) is 0 Å². The van der Waals surface area contributed by atoms with Gasteiger partial charge in [0.15, 0.2) is 0 Å². The molecule has 2 aromatic carbocycles. The predicted molar refractivity (Wildman–Crippen MR) is 90.7 cm³/mol. The minimum Gasteiger partial charge on any atom is -0.381 e.